The van der Waals surface area contributed by atoms with Crippen LogP contribution in [0.5, 0.6) is 0 Å². The summed E-state index contributed by atoms with van der Waals surface area (Å²) in [5, 5.41) is 0. The fraction of sp³-hybridized carbons (Fsp3) is 1.00. The average molecular weight is 417 g/mol. The first kappa shape index (κ1) is 23.1. The molecule has 0 amide bonds. The largest absolute Gasteiger partial charge is 0.294 e. The Morgan fingerprint density at radius 2 is 1.33 bits per heavy atom. The predicted octanol–water partition coefficient (Wildman–Crippen LogP) is 7.12. The molecule has 0 N–H and O–H groups in total. The Balaban J connectivity index is 1.54. The fourth-order valence-electron chi connectivity index (χ4n) is 7.90. The molecule has 2 heterocycles. The van der Waals surface area contributed by atoms with E-state index in [0.29, 0.717) is 21.8 Å². The minimum absolute atomic E-state index is 0.260. The molecule has 2 heteroatoms. The number of nitrogens with zero attached hydrogens (tertiary/aromatic N) is 2. The van der Waals surface area contributed by atoms with Gasteiger partial charge in [0.25, 0.3) is 0 Å². The van der Waals surface area contributed by atoms with Crippen molar-refractivity contribution in [3.63, 3.8) is 0 Å². The van der Waals surface area contributed by atoms with E-state index in [2.05, 4.69) is 86.0 Å². The lowest BCUT2D eigenvalue weighted by Crippen LogP contribution is -2.55. The smallest absolute Gasteiger partial charge is 0.0250 e. The summed E-state index contributed by atoms with van der Waals surface area (Å²) in [5.74, 6) is 0.886. The molecule has 0 radical (unpaired) electrons. The Morgan fingerprint density at radius 3 is 1.80 bits per heavy atom. The van der Waals surface area contributed by atoms with Crippen LogP contribution >= 0.6 is 0 Å². The van der Waals surface area contributed by atoms with Crippen LogP contribution in [-0.4, -0.2) is 45.0 Å². The molecule has 0 aromatic heterocycles. The van der Waals surface area contributed by atoms with Crippen LogP contribution in [0.3, 0.4) is 0 Å². The van der Waals surface area contributed by atoms with Gasteiger partial charge in [-0.2, -0.15) is 0 Å². The van der Waals surface area contributed by atoms with E-state index in [-0.39, 0.29) is 11.1 Å². The molecule has 4 rings (SSSR count). The van der Waals surface area contributed by atoms with Crippen LogP contribution in [0.4, 0.5) is 0 Å². The lowest BCUT2D eigenvalue weighted by Gasteiger charge is -2.48. The summed E-state index contributed by atoms with van der Waals surface area (Å²) < 4.78 is 0. The predicted molar refractivity (Wildman–Crippen MR) is 130 cm³/mol. The third-order valence-corrected chi connectivity index (χ3v) is 9.57. The molecule has 0 aromatic carbocycles. The van der Waals surface area contributed by atoms with Gasteiger partial charge in [-0.05, 0) is 109 Å². The summed E-state index contributed by atoms with van der Waals surface area (Å²) in [4.78, 5) is 5.91. The summed E-state index contributed by atoms with van der Waals surface area (Å²) in [7, 11) is 0. The molecular formula is C28H52N2. The van der Waals surface area contributed by atoms with Gasteiger partial charge < -0.3 is 0 Å². The third-order valence-electron chi connectivity index (χ3n) is 9.57. The van der Waals surface area contributed by atoms with Gasteiger partial charge in [0.05, 0.1) is 0 Å². The van der Waals surface area contributed by atoms with Gasteiger partial charge in [0.15, 0.2) is 0 Å². The minimum Gasteiger partial charge on any atom is -0.294 e. The minimum atomic E-state index is 0.260. The van der Waals surface area contributed by atoms with Crippen molar-refractivity contribution in [3.05, 3.63) is 0 Å². The molecule has 4 unspecified atom stereocenters. The fourth-order valence-corrected chi connectivity index (χ4v) is 7.90. The number of hydrogen-bond acceptors (Lipinski definition) is 2. The van der Waals surface area contributed by atoms with Gasteiger partial charge in [0.1, 0.15) is 0 Å². The van der Waals surface area contributed by atoms with Gasteiger partial charge in [-0.25, -0.2) is 0 Å². The van der Waals surface area contributed by atoms with E-state index in [1.54, 1.807) is 0 Å². The van der Waals surface area contributed by atoms with Crippen molar-refractivity contribution in [2.24, 2.45) is 22.2 Å². The zero-order valence-electron chi connectivity index (χ0n) is 22.3. The first-order chi connectivity index (χ1) is 13.4. The first-order valence-electron chi connectivity index (χ1n) is 13.0. The molecule has 4 aliphatic rings. The summed E-state index contributed by atoms with van der Waals surface area (Å²) in [6.07, 6.45) is 10.1. The van der Waals surface area contributed by atoms with E-state index < -0.39 is 0 Å². The maximum absolute atomic E-state index is 3.00. The monoisotopic (exact) mass is 416 g/mol. The molecule has 2 aliphatic heterocycles. The van der Waals surface area contributed by atoms with Crippen LogP contribution < -0.4 is 0 Å². The van der Waals surface area contributed by atoms with Crippen molar-refractivity contribution in [1.82, 2.24) is 9.80 Å². The lowest BCUT2D eigenvalue weighted by molar-refractivity contribution is 0.000988. The van der Waals surface area contributed by atoms with E-state index in [9.17, 15) is 0 Å². The molecular weight excluding hydrogens is 364 g/mol. The quantitative estimate of drug-likeness (QED) is 0.483. The Kier molecular flexibility index (Phi) is 5.00. The third kappa shape index (κ3) is 3.81. The SMILES string of the molecule is CC(C)(C)C1CCC2(CC2CC(C)(C)C2CC3(CC3)CN2C(C)(C)C)N1C(C)(C)C. The normalized spacial score (nSPS) is 37.5. The highest BCUT2D eigenvalue weighted by Crippen LogP contribution is 2.66. The van der Waals surface area contributed by atoms with Crippen molar-refractivity contribution in [3.8, 4) is 0 Å². The maximum atomic E-state index is 3.00. The molecule has 2 saturated heterocycles. The summed E-state index contributed by atoms with van der Waals surface area (Å²) >= 11 is 0. The van der Waals surface area contributed by atoms with Crippen LogP contribution in [0.15, 0.2) is 0 Å². The Bertz CT molecular complexity index is 666. The van der Waals surface area contributed by atoms with Gasteiger partial charge >= 0.3 is 0 Å². The van der Waals surface area contributed by atoms with Crippen molar-refractivity contribution in [2.75, 3.05) is 6.54 Å². The van der Waals surface area contributed by atoms with E-state index >= 15 is 0 Å². The molecule has 2 aliphatic carbocycles. The highest BCUT2D eigenvalue weighted by Gasteiger charge is 2.67. The molecule has 30 heavy (non-hydrogen) atoms. The average Bonchev–Trinajstić information content (AvgIpc) is 3.28. The van der Waals surface area contributed by atoms with Gasteiger partial charge in [-0.1, -0.05) is 34.6 Å². The van der Waals surface area contributed by atoms with Crippen molar-refractivity contribution < 1.29 is 0 Å². The molecule has 0 aromatic rings. The van der Waals surface area contributed by atoms with Crippen LogP contribution in [-0.2, 0) is 0 Å². The van der Waals surface area contributed by atoms with Crippen molar-refractivity contribution >= 4 is 0 Å². The standard InChI is InChI=1S/C28H52N2/c1-23(2,3)21-12-13-28(30(21)25(7,8)9)17-20(28)16-26(10,11)22-18-27(14-15-27)19-29(22)24(4,5)6/h20-22H,12-19H2,1-11H3. The second-order valence-electron chi connectivity index (χ2n) is 15.7. The van der Waals surface area contributed by atoms with E-state index in [1.165, 1.54) is 51.5 Å². The summed E-state index contributed by atoms with van der Waals surface area (Å²) in [6.45, 7) is 28.7. The first-order valence-corrected chi connectivity index (χ1v) is 13.0. The second kappa shape index (κ2) is 6.49. The van der Waals surface area contributed by atoms with Gasteiger partial charge in [0.2, 0.25) is 0 Å². The van der Waals surface area contributed by atoms with Crippen LogP contribution in [0.2, 0.25) is 0 Å². The topological polar surface area (TPSA) is 6.48 Å². The van der Waals surface area contributed by atoms with E-state index in [4.69, 9.17) is 0 Å². The zero-order valence-corrected chi connectivity index (χ0v) is 22.3. The molecule has 174 valence electrons. The number of hydrogen-bond donors (Lipinski definition) is 0. The Hall–Kier alpha value is -0.0800. The molecule has 2 saturated carbocycles. The van der Waals surface area contributed by atoms with E-state index in [0.717, 1.165) is 18.0 Å². The highest BCUT2D eigenvalue weighted by molar-refractivity contribution is 5.21. The van der Waals surface area contributed by atoms with Gasteiger partial charge in [0, 0.05) is 35.2 Å². The summed E-state index contributed by atoms with van der Waals surface area (Å²) in [6, 6.07) is 1.47. The Morgan fingerprint density at radius 1 is 0.733 bits per heavy atom. The van der Waals surface area contributed by atoms with Crippen LogP contribution in [0.1, 0.15) is 121 Å². The molecule has 4 fully saturated rings. The molecule has 4 atom stereocenters. The van der Waals surface area contributed by atoms with Crippen molar-refractivity contribution in [2.45, 2.75) is 150 Å². The lowest BCUT2D eigenvalue weighted by atomic mass is 9.75. The Labute approximate surface area is 188 Å². The summed E-state index contributed by atoms with van der Waals surface area (Å²) in [5.41, 5.74) is 2.48. The van der Waals surface area contributed by atoms with Crippen molar-refractivity contribution in [1.29, 1.82) is 0 Å². The number of likely N-dealkylation sites (tertiary alicyclic amines) is 2. The molecule has 2 nitrogen and oxygen atoms in total. The van der Waals surface area contributed by atoms with Crippen LogP contribution in [0, 0.1) is 22.2 Å². The second-order valence-corrected chi connectivity index (χ2v) is 15.7. The van der Waals surface area contributed by atoms with Gasteiger partial charge in [-0.15, -0.1) is 0 Å². The molecule has 2 spiro atoms. The molecule has 0 bridgehead atoms. The van der Waals surface area contributed by atoms with Crippen LogP contribution in [0.25, 0.3) is 0 Å². The highest BCUT2D eigenvalue weighted by atomic mass is 15.3. The number of rotatable bonds is 3. The van der Waals surface area contributed by atoms with Gasteiger partial charge in [-0.3, -0.25) is 9.80 Å². The maximum Gasteiger partial charge on any atom is 0.0250 e. The van der Waals surface area contributed by atoms with E-state index in [1.807, 2.05) is 0 Å². The zero-order chi connectivity index (χ0) is 22.5.